The smallest absolute Gasteiger partial charge is 0.227 e. The Morgan fingerprint density at radius 3 is 2.67 bits per heavy atom. The van der Waals surface area contributed by atoms with Gasteiger partial charge in [-0.15, -0.1) is 17.9 Å². The lowest BCUT2D eigenvalue weighted by Crippen LogP contribution is -2.31. The van der Waals surface area contributed by atoms with Crippen molar-refractivity contribution in [2.75, 3.05) is 20.8 Å². The summed E-state index contributed by atoms with van der Waals surface area (Å²) in [6, 6.07) is 9.21. The summed E-state index contributed by atoms with van der Waals surface area (Å²) in [4.78, 5) is 15.5. The number of rotatable bonds is 8. The van der Waals surface area contributed by atoms with E-state index >= 15 is 0 Å². The molecule has 6 heteroatoms. The molecule has 0 saturated heterocycles. The molecule has 0 saturated carbocycles. The van der Waals surface area contributed by atoms with Crippen molar-refractivity contribution in [1.82, 2.24) is 4.90 Å². The quantitative estimate of drug-likeness (QED) is 0.659. The lowest BCUT2D eigenvalue weighted by atomic mass is 10.1. The number of amides is 1. The van der Waals surface area contributed by atoms with Gasteiger partial charge < -0.3 is 14.4 Å². The molecule has 0 N–H and O–H groups in total. The number of benzene rings is 1. The molecule has 0 spiro atoms. The van der Waals surface area contributed by atoms with Crippen LogP contribution >= 0.6 is 22.9 Å². The number of carbonyl (C=O) groups is 1. The van der Waals surface area contributed by atoms with Crippen molar-refractivity contribution in [3.8, 4) is 11.5 Å². The Morgan fingerprint density at radius 2 is 2.08 bits per heavy atom. The van der Waals surface area contributed by atoms with Gasteiger partial charge in [0.15, 0.2) is 0 Å². The van der Waals surface area contributed by atoms with Crippen LogP contribution in [0.25, 0.3) is 0 Å². The summed E-state index contributed by atoms with van der Waals surface area (Å²) < 4.78 is 11.3. The van der Waals surface area contributed by atoms with Gasteiger partial charge in [-0.3, -0.25) is 4.79 Å². The number of carbonyl (C=O) groups excluding carboxylic acids is 1. The molecule has 2 aromatic rings. The summed E-state index contributed by atoms with van der Waals surface area (Å²) in [6.07, 6.45) is 1.95. The van der Waals surface area contributed by atoms with E-state index in [0.29, 0.717) is 28.9 Å². The molecule has 1 amide bonds. The number of thiophene rings is 1. The van der Waals surface area contributed by atoms with Gasteiger partial charge >= 0.3 is 0 Å². The first-order valence-electron chi connectivity index (χ1n) is 7.41. The minimum Gasteiger partial charge on any atom is -0.497 e. The second-order valence-corrected chi connectivity index (χ2v) is 6.92. The summed E-state index contributed by atoms with van der Waals surface area (Å²) in [7, 11) is 3.18. The molecule has 0 atom stereocenters. The molecule has 0 radical (unpaired) electrons. The molecule has 2 rings (SSSR count). The fourth-order valence-electron chi connectivity index (χ4n) is 2.33. The Labute approximate surface area is 151 Å². The van der Waals surface area contributed by atoms with Crippen LogP contribution in [0.1, 0.15) is 10.4 Å². The van der Waals surface area contributed by atoms with Crippen molar-refractivity contribution in [3.05, 3.63) is 57.8 Å². The zero-order chi connectivity index (χ0) is 17.5. The number of methoxy groups -OCH3 is 2. The van der Waals surface area contributed by atoms with E-state index in [2.05, 4.69) is 6.58 Å². The van der Waals surface area contributed by atoms with Crippen molar-refractivity contribution in [1.29, 1.82) is 0 Å². The van der Waals surface area contributed by atoms with Gasteiger partial charge in [0, 0.05) is 17.0 Å². The highest BCUT2D eigenvalue weighted by Gasteiger charge is 2.17. The largest absolute Gasteiger partial charge is 0.497 e. The van der Waals surface area contributed by atoms with Crippen LogP contribution in [-0.2, 0) is 17.8 Å². The molecule has 0 unspecified atom stereocenters. The molecule has 128 valence electrons. The van der Waals surface area contributed by atoms with Crippen LogP contribution in [0.3, 0.4) is 0 Å². The highest BCUT2D eigenvalue weighted by atomic mass is 35.5. The molecule has 0 aliphatic carbocycles. The molecule has 0 aliphatic heterocycles. The SMILES string of the molecule is C=CCN(Cc1ccc(Cl)s1)C(=O)Cc1cc(OC)ccc1OC. The van der Waals surface area contributed by atoms with Crippen molar-refractivity contribution >= 4 is 28.8 Å². The summed E-state index contributed by atoms with van der Waals surface area (Å²) in [5.74, 6) is 1.35. The van der Waals surface area contributed by atoms with Gasteiger partial charge in [-0.25, -0.2) is 0 Å². The van der Waals surface area contributed by atoms with Crippen LogP contribution in [0.5, 0.6) is 11.5 Å². The summed E-state index contributed by atoms with van der Waals surface area (Å²) in [5, 5.41) is 0. The van der Waals surface area contributed by atoms with E-state index in [4.69, 9.17) is 21.1 Å². The number of halogens is 1. The van der Waals surface area contributed by atoms with Gasteiger partial charge in [0.1, 0.15) is 11.5 Å². The fraction of sp³-hybridized carbons (Fsp3) is 0.278. The summed E-state index contributed by atoms with van der Waals surface area (Å²) in [6.45, 7) is 4.72. The van der Waals surface area contributed by atoms with Crippen LogP contribution in [-0.4, -0.2) is 31.6 Å². The standard InChI is InChI=1S/C18H20ClNO3S/c1-4-9-20(12-15-6-8-17(19)24-15)18(21)11-13-10-14(22-2)5-7-16(13)23-3/h4-8,10H,1,9,11-12H2,2-3H3. The first kappa shape index (κ1) is 18.4. The number of nitrogens with zero attached hydrogens (tertiary/aromatic N) is 1. The molecule has 24 heavy (non-hydrogen) atoms. The topological polar surface area (TPSA) is 38.8 Å². The van der Waals surface area contributed by atoms with E-state index in [0.717, 1.165) is 10.4 Å². The zero-order valence-corrected chi connectivity index (χ0v) is 15.3. The normalized spacial score (nSPS) is 10.3. The van der Waals surface area contributed by atoms with Crippen molar-refractivity contribution < 1.29 is 14.3 Å². The Bertz CT molecular complexity index is 714. The van der Waals surface area contributed by atoms with Gasteiger partial charge in [-0.2, -0.15) is 0 Å². The average molecular weight is 366 g/mol. The Balaban J connectivity index is 2.16. The Hall–Kier alpha value is -1.98. The summed E-state index contributed by atoms with van der Waals surface area (Å²) in [5.41, 5.74) is 0.792. The van der Waals surface area contributed by atoms with Gasteiger partial charge in [0.2, 0.25) is 5.91 Å². The third-order valence-electron chi connectivity index (χ3n) is 3.51. The van der Waals surface area contributed by atoms with Crippen LogP contribution < -0.4 is 9.47 Å². The Morgan fingerprint density at radius 1 is 1.29 bits per heavy atom. The van der Waals surface area contributed by atoms with Crippen molar-refractivity contribution in [3.63, 3.8) is 0 Å². The van der Waals surface area contributed by atoms with E-state index < -0.39 is 0 Å². The first-order chi connectivity index (χ1) is 11.6. The molecule has 1 aromatic heterocycles. The highest BCUT2D eigenvalue weighted by molar-refractivity contribution is 7.16. The molecule has 0 fully saturated rings. The van der Waals surface area contributed by atoms with E-state index in [1.807, 2.05) is 24.3 Å². The Kier molecular flexibility index (Phi) is 6.70. The van der Waals surface area contributed by atoms with Crippen molar-refractivity contribution in [2.24, 2.45) is 0 Å². The van der Waals surface area contributed by atoms with Crippen LogP contribution in [0, 0.1) is 0 Å². The highest BCUT2D eigenvalue weighted by Crippen LogP contribution is 2.26. The van der Waals surface area contributed by atoms with Crippen LogP contribution in [0.15, 0.2) is 43.0 Å². The maximum atomic E-state index is 12.7. The third-order valence-corrected chi connectivity index (χ3v) is 4.72. The molecule has 1 heterocycles. The lowest BCUT2D eigenvalue weighted by molar-refractivity contribution is -0.130. The average Bonchev–Trinajstić information content (AvgIpc) is 2.99. The van der Waals surface area contributed by atoms with E-state index in [9.17, 15) is 4.79 Å². The number of hydrogen-bond acceptors (Lipinski definition) is 4. The molecule has 0 bridgehead atoms. The lowest BCUT2D eigenvalue weighted by Gasteiger charge is -2.21. The molecular formula is C18H20ClNO3S. The van der Waals surface area contributed by atoms with Crippen molar-refractivity contribution in [2.45, 2.75) is 13.0 Å². The van der Waals surface area contributed by atoms with Crippen LogP contribution in [0.4, 0.5) is 0 Å². The fourth-order valence-corrected chi connectivity index (χ4v) is 3.43. The van der Waals surface area contributed by atoms with Gasteiger partial charge in [0.25, 0.3) is 0 Å². The first-order valence-corrected chi connectivity index (χ1v) is 8.60. The predicted octanol–water partition coefficient (Wildman–Crippen LogP) is 4.18. The van der Waals surface area contributed by atoms with Crippen LogP contribution in [0.2, 0.25) is 4.34 Å². The zero-order valence-electron chi connectivity index (χ0n) is 13.8. The summed E-state index contributed by atoms with van der Waals surface area (Å²) >= 11 is 7.44. The van der Waals surface area contributed by atoms with Gasteiger partial charge in [0.05, 0.1) is 31.5 Å². The van der Waals surface area contributed by atoms with Gasteiger partial charge in [-0.05, 0) is 30.3 Å². The third kappa shape index (κ3) is 4.76. The van der Waals surface area contributed by atoms with Gasteiger partial charge in [-0.1, -0.05) is 17.7 Å². The second-order valence-electron chi connectivity index (χ2n) is 5.12. The van der Waals surface area contributed by atoms with E-state index in [1.54, 1.807) is 31.3 Å². The second kappa shape index (κ2) is 8.76. The minimum absolute atomic E-state index is 0.00836. The number of hydrogen-bond donors (Lipinski definition) is 0. The minimum atomic E-state index is -0.00836. The maximum absolute atomic E-state index is 12.7. The molecular weight excluding hydrogens is 346 g/mol. The van der Waals surface area contributed by atoms with E-state index in [-0.39, 0.29) is 12.3 Å². The molecule has 0 aliphatic rings. The molecule has 4 nitrogen and oxygen atoms in total. The monoisotopic (exact) mass is 365 g/mol. The molecule has 1 aromatic carbocycles. The maximum Gasteiger partial charge on any atom is 0.227 e. The number of ether oxygens (including phenoxy) is 2. The van der Waals surface area contributed by atoms with E-state index in [1.165, 1.54) is 11.3 Å². The predicted molar refractivity (Wildman–Crippen MR) is 98.2 cm³/mol.